The Hall–Kier alpha value is -1.25. The molecule has 0 saturated carbocycles. The molecule has 0 amide bonds. The van der Waals surface area contributed by atoms with Crippen molar-refractivity contribution in [3.63, 3.8) is 0 Å². The smallest absolute Gasteiger partial charge is 0.127 e. The zero-order valence-corrected chi connectivity index (χ0v) is 14.7. The second kappa shape index (κ2) is 8.03. The fourth-order valence-electron chi connectivity index (χ4n) is 3.47. The summed E-state index contributed by atoms with van der Waals surface area (Å²) < 4.78 is 6.01. The van der Waals surface area contributed by atoms with Crippen molar-refractivity contribution in [2.24, 2.45) is 5.92 Å². The third kappa shape index (κ3) is 4.39. The van der Waals surface area contributed by atoms with Crippen LogP contribution in [0.25, 0.3) is 10.8 Å². The monoisotopic (exact) mass is 331 g/mol. The lowest BCUT2D eigenvalue weighted by Crippen LogP contribution is -2.35. The summed E-state index contributed by atoms with van der Waals surface area (Å²) in [5.74, 6) is 1.80. The number of hydrogen-bond donors (Lipinski definition) is 0. The van der Waals surface area contributed by atoms with Gasteiger partial charge in [-0.05, 0) is 56.8 Å². The van der Waals surface area contributed by atoms with Crippen LogP contribution in [0.15, 0.2) is 36.4 Å². The van der Waals surface area contributed by atoms with Gasteiger partial charge in [-0.15, -0.1) is 0 Å². The van der Waals surface area contributed by atoms with Gasteiger partial charge in [-0.1, -0.05) is 42.8 Å². The molecule has 0 aromatic heterocycles. The SMILES string of the molecule is CC1CCCN(CCCCOc2ccc(Cl)c3ccccc23)C1. The van der Waals surface area contributed by atoms with Crippen LogP contribution < -0.4 is 4.74 Å². The second-order valence-corrected chi connectivity index (χ2v) is 7.10. The van der Waals surface area contributed by atoms with Gasteiger partial charge in [-0.3, -0.25) is 0 Å². The normalized spacial score (nSPS) is 19.1. The number of fused-ring (bicyclic) bond motifs is 1. The molecule has 0 spiro atoms. The number of rotatable bonds is 6. The zero-order chi connectivity index (χ0) is 16.1. The van der Waals surface area contributed by atoms with E-state index < -0.39 is 0 Å². The van der Waals surface area contributed by atoms with Crippen LogP contribution in [0.2, 0.25) is 5.02 Å². The Balaban J connectivity index is 1.47. The maximum atomic E-state index is 6.25. The average Bonchev–Trinajstić information content (AvgIpc) is 2.57. The summed E-state index contributed by atoms with van der Waals surface area (Å²) in [5, 5.41) is 2.95. The Bertz CT molecular complexity index is 643. The number of likely N-dealkylation sites (tertiary alicyclic amines) is 1. The molecule has 1 unspecified atom stereocenters. The molecule has 23 heavy (non-hydrogen) atoms. The van der Waals surface area contributed by atoms with E-state index in [1.54, 1.807) is 0 Å². The van der Waals surface area contributed by atoms with Gasteiger partial charge in [0, 0.05) is 22.3 Å². The van der Waals surface area contributed by atoms with Crippen LogP contribution in [0, 0.1) is 5.92 Å². The molecule has 2 aromatic carbocycles. The molecule has 0 bridgehead atoms. The van der Waals surface area contributed by atoms with Gasteiger partial charge in [0.05, 0.1) is 6.61 Å². The minimum Gasteiger partial charge on any atom is -0.493 e. The van der Waals surface area contributed by atoms with Gasteiger partial charge in [-0.2, -0.15) is 0 Å². The molecule has 0 N–H and O–H groups in total. The van der Waals surface area contributed by atoms with Crippen molar-refractivity contribution >= 4 is 22.4 Å². The lowest BCUT2D eigenvalue weighted by Gasteiger charge is -2.30. The van der Waals surface area contributed by atoms with Crippen molar-refractivity contribution in [3.8, 4) is 5.75 Å². The fraction of sp³-hybridized carbons (Fsp3) is 0.500. The van der Waals surface area contributed by atoms with E-state index >= 15 is 0 Å². The van der Waals surface area contributed by atoms with Crippen LogP contribution in [0.3, 0.4) is 0 Å². The van der Waals surface area contributed by atoms with E-state index in [4.69, 9.17) is 16.3 Å². The lowest BCUT2D eigenvalue weighted by molar-refractivity contribution is 0.177. The summed E-state index contributed by atoms with van der Waals surface area (Å²) in [5.41, 5.74) is 0. The van der Waals surface area contributed by atoms with Crippen LogP contribution in [-0.4, -0.2) is 31.1 Å². The molecular weight excluding hydrogens is 306 g/mol. The minimum atomic E-state index is 0.773. The molecule has 124 valence electrons. The van der Waals surface area contributed by atoms with Gasteiger partial charge in [0.15, 0.2) is 0 Å². The van der Waals surface area contributed by atoms with Crippen LogP contribution in [0.4, 0.5) is 0 Å². The van der Waals surface area contributed by atoms with Crippen LogP contribution >= 0.6 is 11.6 Å². The summed E-state index contributed by atoms with van der Waals surface area (Å²) in [6.07, 6.45) is 5.05. The highest BCUT2D eigenvalue weighted by Gasteiger charge is 2.15. The molecule has 1 saturated heterocycles. The Kier molecular flexibility index (Phi) is 5.80. The molecule has 1 aliphatic heterocycles. The number of unbranched alkanes of at least 4 members (excludes halogenated alkanes) is 1. The third-order valence-electron chi connectivity index (χ3n) is 4.70. The summed E-state index contributed by atoms with van der Waals surface area (Å²) in [7, 11) is 0. The first kappa shape index (κ1) is 16.6. The average molecular weight is 332 g/mol. The van der Waals surface area contributed by atoms with E-state index in [1.165, 1.54) is 38.9 Å². The molecule has 1 heterocycles. The van der Waals surface area contributed by atoms with Gasteiger partial charge in [0.2, 0.25) is 0 Å². The first-order chi connectivity index (χ1) is 11.2. The molecule has 3 rings (SSSR count). The van der Waals surface area contributed by atoms with Gasteiger partial charge in [0.25, 0.3) is 0 Å². The van der Waals surface area contributed by atoms with Gasteiger partial charge < -0.3 is 9.64 Å². The number of ether oxygens (including phenoxy) is 1. The molecule has 3 heteroatoms. The molecule has 1 aliphatic rings. The van der Waals surface area contributed by atoms with Gasteiger partial charge in [-0.25, -0.2) is 0 Å². The van der Waals surface area contributed by atoms with Crippen molar-refractivity contribution in [1.29, 1.82) is 0 Å². The number of halogens is 1. The standard InChI is InChI=1S/C20H26ClNO/c1-16-7-6-13-22(15-16)12-4-5-14-23-20-11-10-19(21)17-8-2-3-9-18(17)20/h2-3,8-11,16H,4-7,12-15H2,1H3. The topological polar surface area (TPSA) is 12.5 Å². The Morgan fingerprint density at radius 3 is 2.78 bits per heavy atom. The Morgan fingerprint density at radius 2 is 1.96 bits per heavy atom. The molecular formula is C20H26ClNO. The maximum absolute atomic E-state index is 6.25. The summed E-state index contributed by atoms with van der Waals surface area (Å²) in [6.45, 7) is 6.88. The van der Waals surface area contributed by atoms with E-state index in [0.717, 1.165) is 40.5 Å². The molecule has 0 radical (unpaired) electrons. The molecule has 2 aromatic rings. The van der Waals surface area contributed by atoms with E-state index in [1.807, 2.05) is 30.3 Å². The number of benzene rings is 2. The highest BCUT2D eigenvalue weighted by atomic mass is 35.5. The Morgan fingerprint density at radius 1 is 1.13 bits per heavy atom. The predicted octanol–water partition coefficient (Wildman–Crippen LogP) is 5.38. The third-order valence-corrected chi connectivity index (χ3v) is 5.03. The molecule has 2 nitrogen and oxygen atoms in total. The van der Waals surface area contributed by atoms with Crippen LogP contribution in [0.1, 0.15) is 32.6 Å². The Labute approximate surface area is 144 Å². The number of hydrogen-bond acceptors (Lipinski definition) is 2. The summed E-state index contributed by atoms with van der Waals surface area (Å²) >= 11 is 6.25. The molecule has 1 atom stereocenters. The first-order valence-corrected chi connectivity index (χ1v) is 9.14. The van der Waals surface area contributed by atoms with Crippen LogP contribution in [0.5, 0.6) is 5.75 Å². The highest BCUT2D eigenvalue weighted by Crippen LogP contribution is 2.31. The van der Waals surface area contributed by atoms with Crippen molar-refractivity contribution in [2.45, 2.75) is 32.6 Å². The van der Waals surface area contributed by atoms with Crippen molar-refractivity contribution in [1.82, 2.24) is 4.90 Å². The van der Waals surface area contributed by atoms with E-state index in [0.29, 0.717) is 0 Å². The highest BCUT2D eigenvalue weighted by molar-refractivity contribution is 6.35. The molecule has 1 fully saturated rings. The lowest BCUT2D eigenvalue weighted by atomic mass is 10.0. The largest absolute Gasteiger partial charge is 0.493 e. The second-order valence-electron chi connectivity index (χ2n) is 6.69. The minimum absolute atomic E-state index is 0.773. The van der Waals surface area contributed by atoms with Crippen molar-refractivity contribution in [2.75, 3.05) is 26.2 Å². The van der Waals surface area contributed by atoms with E-state index in [-0.39, 0.29) is 0 Å². The quantitative estimate of drug-likeness (QED) is 0.658. The maximum Gasteiger partial charge on any atom is 0.127 e. The van der Waals surface area contributed by atoms with Gasteiger partial charge >= 0.3 is 0 Å². The number of piperidine rings is 1. The molecule has 0 aliphatic carbocycles. The fourth-order valence-corrected chi connectivity index (χ4v) is 3.70. The van der Waals surface area contributed by atoms with Crippen molar-refractivity contribution < 1.29 is 4.74 Å². The van der Waals surface area contributed by atoms with Gasteiger partial charge in [0.1, 0.15) is 5.75 Å². The van der Waals surface area contributed by atoms with E-state index in [9.17, 15) is 0 Å². The van der Waals surface area contributed by atoms with Crippen LogP contribution in [-0.2, 0) is 0 Å². The summed E-state index contributed by atoms with van der Waals surface area (Å²) in [4.78, 5) is 2.60. The van der Waals surface area contributed by atoms with Crippen molar-refractivity contribution in [3.05, 3.63) is 41.4 Å². The first-order valence-electron chi connectivity index (χ1n) is 8.76. The number of nitrogens with zero attached hydrogens (tertiary/aromatic N) is 1. The van der Waals surface area contributed by atoms with E-state index in [2.05, 4.69) is 17.9 Å². The predicted molar refractivity (Wildman–Crippen MR) is 98.5 cm³/mol. The zero-order valence-electron chi connectivity index (χ0n) is 13.9. The summed E-state index contributed by atoms with van der Waals surface area (Å²) in [6, 6.07) is 12.1.